The Hall–Kier alpha value is -1.49. The number of hydrogen-bond acceptors (Lipinski definition) is 6. The quantitative estimate of drug-likeness (QED) is 0.361. The minimum absolute atomic E-state index is 1.01. The highest BCUT2D eigenvalue weighted by Gasteiger charge is 2.31. The van der Waals surface area contributed by atoms with E-state index in [-0.39, 0.29) is 0 Å². The van der Waals surface area contributed by atoms with E-state index in [9.17, 15) is 0 Å². The highest BCUT2D eigenvalue weighted by molar-refractivity contribution is 7.36. The lowest BCUT2D eigenvalue weighted by Gasteiger charge is -2.13. The van der Waals surface area contributed by atoms with Gasteiger partial charge in [-0.2, -0.15) is 0 Å². The topological polar surface area (TPSA) is 51.6 Å². The number of fused-ring (bicyclic) bond motifs is 2. The van der Waals surface area contributed by atoms with E-state index in [0.29, 0.717) is 0 Å². The Morgan fingerprint density at radius 3 is 1.00 bits per heavy atom. The summed E-state index contributed by atoms with van der Waals surface area (Å²) < 4.78 is 2.85. The average molecular weight is 471 g/mol. The molecule has 0 atom stereocenters. The molecule has 4 rings (SSSR count). The summed E-state index contributed by atoms with van der Waals surface area (Å²) in [5.41, 5.74) is 8.36. The molecule has 30 heavy (non-hydrogen) atoms. The number of rotatable bonds is 3. The molecule has 0 aliphatic carbocycles. The second-order valence-corrected chi connectivity index (χ2v) is 23.0. The zero-order chi connectivity index (χ0) is 22.2. The Morgan fingerprint density at radius 2 is 0.733 bits per heavy atom. The molecule has 0 fully saturated rings. The zero-order valence-electron chi connectivity index (χ0n) is 19.6. The van der Waals surface area contributed by atoms with Crippen LogP contribution < -0.4 is 9.00 Å². The Morgan fingerprint density at radius 1 is 0.467 bits per heavy atom. The van der Waals surface area contributed by atoms with Crippen molar-refractivity contribution in [2.75, 3.05) is 0 Å². The van der Waals surface area contributed by atoms with Crippen LogP contribution in [-0.2, 0) is 0 Å². The molecule has 0 saturated carbocycles. The molecule has 4 aromatic heterocycles. The van der Waals surface area contributed by atoms with E-state index < -0.39 is 16.1 Å². The summed E-state index contributed by atoms with van der Waals surface area (Å²) in [4.78, 5) is 22.6. The van der Waals surface area contributed by atoms with Gasteiger partial charge in [-0.15, -0.1) is 22.7 Å². The van der Waals surface area contributed by atoms with Gasteiger partial charge in [-0.05, 0) is 27.7 Å². The fourth-order valence-corrected chi connectivity index (χ4v) is 10.4. The van der Waals surface area contributed by atoms with Crippen molar-refractivity contribution in [3.63, 3.8) is 0 Å². The van der Waals surface area contributed by atoms with Crippen molar-refractivity contribution < 1.29 is 0 Å². The molecule has 0 radical (unpaired) electrons. The standard InChI is InChI=1S/C22H30N4S2Si2/c1-11-13(3)25-17-15(23-11)19(27-21(17)29(5,6)7)20-16-18(22(28-20)30(8,9)10)26-14(4)12(2)24-16/h1-10H3. The lowest BCUT2D eigenvalue weighted by Crippen LogP contribution is -2.36. The van der Waals surface area contributed by atoms with E-state index in [1.807, 2.05) is 22.7 Å². The highest BCUT2D eigenvalue weighted by atomic mass is 32.1. The molecule has 0 aromatic carbocycles. The summed E-state index contributed by atoms with van der Waals surface area (Å²) in [7, 11) is -3.15. The maximum atomic E-state index is 5.04. The molecule has 0 aliphatic rings. The Labute approximate surface area is 188 Å². The van der Waals surface area contributed by atoms with Crippen LogP contribution in [0.1, 0.15) is 22.8 Å². The van der Waals surface area contributed by atoms with E-state index in [1.165, 1.54) is 18.8 Å². The smallest absolute Gasteiger partial charge is 0.108 e. The molecule has 0 bridgehead atoms. The molecule has 158 valence electrons. The minimum Gasteiger partial charge on any atom is -0.249 e. The van der Waals surface area contributed by atoms with Crippen LogP contribution in [0.5, 0.6) is 0 Å². The van der Waals surface area contributed by atoms with Gasteiger partial charge in [0.25, 0.3) is 0 Å². The van der Waals surface area contributed by atoms with E-state index in [4.69, 9.17) is 19.9 Å². The number of hydrogen-bond donors (Lipinski definition) is 0. The molecule has 4 heterocycles. The van der Waals surface area contributed by atoms with Gasteiger partial charge in [0, 0.05) is 9.00 Å². The average Bonchev–Trinajstić information content (AvgIpc) is 3.14. The van der Waals surface area contributed by atoms with Gasteiger partial charge in [-0.1, -0.05) is 39.3 Å². The van der Waals surface area contributed by atoms with Crippen LogP contribution in [0.3, 0.4) is 0 Å². The van der Waals surface area contributed by atoms with Gasteiger partial charge in [-0.3, -0.25) is 0 Å². The van der Waals surface area contributed by atoms with E-state index >= 15 is 0 Å². The second kappa shape index (κ2) is 7.01. The van der Waals surface area contributed by atoms with E-state index in [2.05, 4.69) is 67.0 Å². The minimum atomic E-state index is -1.57. The maximum Gasteiger partial charge on any atom is 0.108 e. The van der Waals surface area contributed by atoms with Gasteiger partial charge in [-0.25, -0.2) is 19.9 Å². The third-order valence-electron chi connectivity index (χ3n) is 5.45. The molecule has 4 aromatic rings. The van der Waals surface area contributed by atoms with Crippen molar-refractivity contribution in [3.05, 3.63) is 22.8 Å². The Kier molecular flexibility index (Phi) is 5.08. The SMILES string of the molecule is Cc1nc2c(-c3sc([Si](C)(C)C)c4nc(C)c(C)nc34)sc([Si](C)(C)C)c2nc1C. The number of aromatic nitrogens is 4. The van der Waals surface area contributed by atoms with Gasteiger partial charge in [0.05, 0.1) is 59.7 Å². The van der Waals surface area contributed by atoms with Gasteiger partial charge in [0.2, 0.25) is 0 Å². The summed E-state index contributed by atoms with van der Waals surface area (Å²) in [5, 5.41) is 0. The first-order valence-electron chi connectivity index (χ1n) is 10.4. The Bertz CT molecular complexity index is 1210. The third kappa shape index (κ3) is 3.47. The van der Waals surface area contributed by atoms with Gasteiger partial charge in [0.1, 0.15) is 11.0 Å². The Balaban J connectivity index is 2.16. The third-order valence-corrected chi connectivity index (χ3v) is 15.1. The van der Waals surface area contributed by atoms with Gasteiger partial charge < -0.3 is 0 Å². The first-order chi connectivity index (χ1) is 13.8. The molecule has 0 spiro atoms. The van der Waals surface area contributed by atoms with Crippen LogP contribution in [0.4, 0.5) is 0 Å². The van der Waals surface area contributed by atoms with Crippen LogP contribution >= 0.6 is 22.7 Å². The summed E-state index contributed by atoms with van der Waals surface area (Å²) in [6, 6.07) is 0. The fourth-order valence-electron chi connectivity index (χ4n) is 3.56. The highest BCUT2D eigenvalue weighted by Crippen LogP contribution is 2.41. The molecule has 8 heteroatoms. The van der Waals surface area contributed by atoms with Crippen LogP contribution in [0, 0.1) is 27.7 Å². The monoisotopic (exact) mass is 470 g/mol. The molecular weight excluding hydrogens is 441 g/mol. The molecule has 0 N–H and O–H groups in total. The zero-order valence-corrected chi connectivity index (χ0v) is 23.2. The maximum absolute atomic E-state index is 5.04. The largest absolute Gasteiger partial charge is 0.249 e. The summed E-state index contributed by atoms with van der Waals surface area (Å²) in [5.74, 6) is 0. The molecule has 0 aliphatic heterocycles. The number of aryl methyl sites for hydroxylation is 4. The molecule has 0 unspecified atom stereocenters. The first-order valence-corrected chi connectivity index (χ1v) is 19.0. The first kappa shape index (κ1) is 21.7. The van der Waals surface area contributed by atoms with Crippen molar-refractivity contribution in [2.45, 2.75) is 67.0 Å². The van der Waals surface area contributed by atoms with Crippen LogP contribution in [0.2, 0.25) is 39.3 Å². The van der Waals surface area contributed by atoms with Gasteiger partial charge >= 0.3 is 0 Å². The van der Waals surface area contributed by atoms with Gasteiger partial charge in [0.15, 0.2) is 0 Å². The van der Waals surface area contributed by atoms with Crippen LogP contribution in [-0.4, -0.2) is 36.1 Å². The van der Waals surface area contributed by atoms with Crippen LogP contribution in [0.25, 0.3) is 31.8 Å². The normalized spacial score (nSPS) is 13.0. The number of thiophene rings is 2. The molecule has 0 amide bonds. The molecule has 0 saturated heterocycles. The number of nitrogens with zero attached hydrogens (tertiary/aromatic N) is 4. The van der Waals surface area contributed by atoms with Crippen molar-refractivity contribution in [1.29, 1.82) is 0 Å². The second-order valence-electron chi connectivity index (χ2n) is 10.2. The van der Waals surface area contributed by atoms with Crippen LogP contribution in [0.15, 0.2) is 0 Å². The predicted molar refractivity (Wildman–Crippen MR) is 139 cm³/mol. The lowest BCUT2D eigenvalue weighted by molar-refractivity contribution is 1.11. The molecular formula is C22H30N4S2Si2. The van der Waals surface area contributed by atoms with E-state index in [1.54, 1.807) is 0 Å². The summed E-state index contributed by atoms with van der Waals surface area (Å²) in [6.45, 7) is 22.6. The van der Waals surface area contributed by atoms with Crippen molar-refractivity contribution in [2.24, 2.45) is 0 Å². The van der Waals surface area contributed by atoms with E-state index in [0.717, 1.165) is 44.8 Å². The molecule has 4 nitrogen and oxygen atoms in total. The summed E-state index contributed by atoms with van der Waals surface area (Å²) in [6.07, 6.45) is 0. The lowest BCUT2D eigenvalue weighted by atomic mass is 10.2. The van der Waals surface area contributed by atoms with Crippen molar-refractivity contribution in [3.8, 4) is 9.75 Å². The summed E-state index contributed by atoms with van der Waals surface area (Å²) >= 11 is 3.79. The van der Waals surface area contributed by atoms with Crippen molar-refractivity contribution in [1.82, 2.24) is 19.9 Å². The fraction of sp³-hybridized carbons (Fsp3) is 0.455. The van der Waals surface area contributed by atoms with Crippen molar-refractivity contribution >= 4 is 69.9 Å². The predicted octanol–water partition coefficient (Wildman–Crippen LogP) is 5.69.